The van der Waals surface area contributed by atoms with E-state index in [1.807, 2.05) is 30.3 Å². The van der Waals surface area contributed by atoms with Crippen LogP contribution in [-0.4, -0.2) is 30.3 Å². The lowest BCUT2D eigenvalue weighted by molar-refractivity contribution is -0.124. The highest BCUT2D eigenvalue weighted by atomic mass is 16.5. The van der Waals surface area contributed by atoms with Crippen LogP contribution in [0.2, 0.25) is 0 Å². The van der Waals surface area contributed by atoms with Crippen LogP contribution in [0.15, 0.2) is 78.9 Å². The number of rotatable bonds is 9. The van der Waals surface area contributed by atoms with Crippen LogP contribution in [0.25, 0.3) is 0 Å². The third-order valence-corrected chi connectivity index (χ3v) is 4.12. The molecule has 0 aliphatic heterocycles. The smallest absolute Gasteiger partial charge is 0.259 e. The van der Waals surface area contributed by atoms with Gasteiger partial charge in [-0.1, -0.05) is 30.3 Å². The van der Waals surface area contributed by atoms with Crippen molar-refractivity contribution >= 4 is 17.5 Å². The number of ether oxygens (including phenoxy) is 2. The van der Waals surface area contributed by atoms with Gasteiger partial charge >= 0.3 is 0 Å². The van der Waals surface area contributed by atoms with Gasteiger partial charge in [0.15, 0.2) is 6.61 Å². The first kappa shape index (κ1) is 20.9. The van der Waals surface area contributed by atoms with E-state index < -0.39 is 12.6 Å². The minimum absolute atomic E-state index is 0.203. The lowest BCUT2D eigenvalue weighted by Gasteiger charge is -2.09. The van der Waals surface area contributed by atoms with E-state index in [1.165, 1.54) is 0 Å². The Hall–Kier alpha value is -3.84. The minimum Gasteiger partial charge on any atom is -0.489 e. The summed E-state index contributed by atoms with van der Waals surface area (Å²) in [4.78, 5) is 23.7. The SMILES string of the molecule is O=C(COc1ccc(NC(=O)c2ccc(OCc3ccccc3)cc2)cc1)NCO. The fraction of sp³-hybridized carbons (Fsp3) is 0.130. The second-order valence-corrected chi connectivity index (χ2v) is 6.32. The van der Waals surface area contributed by atoms with Gasteiger partial charge in [-0.2, -0.15) is 0 Å². The Bertz CT molecular complexity index is 957. The molecule has 3 rings (SSSR count). The zero-order valence-corrected chi connectivity index (χ0v) is 16.2. The first-order valence-electron chi connectivity index (χ1n) is 9.32. The van der Waals surface area contributed by atoms with Crippen molar-refractivity contribution < 1.29 is 24.2 Å². The maximum atomic E-state index is 12.4. The molecule has 0 unspecified atom stereocenters. The summed E-state index contributed by atoms with van der Waals surface area (Å²) in [7, 11) is 0. The monoisotopic (exact) mass is 406 g/mol. The number of aliphatic hydroxyl groups is 1. The van der Waals surface area contributed by atoms with Gasteiger partial charge in [-0.3, -0.25) is 9.59 Å². The van der Waals surface area contributed by atoms with E-state index in [9.17, 15) is 9.59 Å². The molecule has 3 N–H and O–H groups in total. The van der Waals surface area contributed by atoms with Crippen LogP contribution in [0.3, 0.4) is 0 Å². The third kappa shape index (κ3) is 6.35. The van der Waals surface area contributed by atoms with Crippen LogP contribution < -0.4 is 20.1 Å². The van der Waals surface area contributed by atoms with E-state index in [0.717, 1.165) is 5.56 Å². The second-order valence-electron chi connectivity index (χ2n) is 6.32. The quantitative estimate of drug-likeness (QED) is 0.475. The molecule has 2 amide bonds. The molecule has 0 radical (unpaired) electrons. The molecule has 0 aliphatic carbocycles. The molecule has 0 saturated heterocycles. The van der Waals surface area contributed by atoms with Crippen molar-refractivity contribution in [2.75, 3.05) is 18.7 Å². The standard InChI is InChI=1S/C23H22N2O5/c26-16-24-22(27)15-30-21-12-8-19(9-13-21)25-23(28)18-6-10-20(11-7-18)29-14-17-4-2-1-3-5-17/h1-13,26H,14-16H2,(H,24,27)(H,25,28). The Morgan fingerprint density at radius 1 is 0.800 bits per heavy atom. The highest BCUT2D eigenvalue weighted by Gasteiger charge is 2.07. The Labute approximate surface area is 174 Å². The lowest BCUT2D eigenvalue weighted by atomic mass is 10.2. The summed E-state index contributed by atoms with van der Waals surface area (Å²) in [6, 6.07) is 23.4. The maximum absolute atomic E-state index is 12.4. The van der Waals surface area contributed by atoms with Crippen molar-refractivity contribution in [2.45, 2.75) is 6.61 Å². The fourth-order valence-electron chi connectivity index (χ4n) is 2.57. The second kappa shape index (κ2) is 10.6. The summed E-state index contributed by atoms with van der Waals surface area (Å²) in [5.41, 5.74) is 2.17. The molecular formula is C23H22N2O5. The molecule has 0 saturated carbocycles. The molecule has 0 atom stereocenters. The van der Waals surface area contributed by atoms with Crippen LogP contribution >= 0.6 is 0 Å². The number of amides is 2. The topological polar surface area (TPSA) is 96.9 Å². The molecule has 0 heterocycles. The van der Waals surface area contributed by atoms with Crippen molar-refractivity contribution in [1.29, 1.82) is 0 Å². The molecule has 0 aromatic heterocycles. The molecule has 30 heavy (non-hydrogen) atoms. The molecular weight excluding hydrogens is 384 g/mol. The molecule has 7 heteroatoms. The molecule has 7 nitrogen and oxygen atoms in total. The van der Waals surface area contributed by atoms with Crippen molar-refractivity contribution in [1.82, 2.24) is 5.32 Å². The summed E-state index contributed by atoms with van der Waals surface area (Å²) in [5.74, 6) is 0.481. The Morgan fingerprint density at radius 2 is 1.43 bits per heavy atom. The van der Waals surface area contributed by atoms with Crippen LogP contribution in [0.4, 0.5) is 5.69 Å². The number of carbonyl (C=O) groups excluding carboxylic acids is 2. The molecule has 0 spiro atoms. The summed E-state index contributed by atoms with van der Waals surface area (Å²) >= 11 is 0. The summed E-state index contributed by atoms with van der Waals surface area (Å²) in [6.45, 7) is -0.180. The molecule has 0 aliphatic rings. The highest BCUT2D eigenvalue weighted by molar-refractivity contribution is 6.04. The van der Waals surface area contributed by atoms with Gasteiger partial charge in [-0.05, 0) is 54.1 Å². The third-order valence-electron chi connectivity index (χ3n) is 4.12. The lowest BCUT2D eigenvalue weighted by Crippen LogP contribution is -2.29. The number of anilines is 1. The molecule has 3 aromatic carbocycles. The predicted molar refractivity (Wildman–Crippen MR) is 112 cm³/mol. The van der Waals surface area contributed by atoms with Crippen molar-refractivity contribution in [3.63, 3.8) is 0 Å². The number of hydrogen-bond donors (Lipinski definition) is 3. The zero-order valence-electron chi connectivity index (χ0n) is 16.2. The molecule has 154 valence electrons. The first-order chi connectivity index (χ1) is 14.6. The number of nitrogens with one attached hydrogen (secondary N) is 2. The van der Waals surface area contributed by atoms with E-state index in [0.29, 0.717) is 29.4 Å². The van der Waals surface area contributed by atoms with Gasteiger partial charge in [-0.15, -0.1) is 0 Å². The van der Waals surface area contributed by atoms with Gasteiger partial charge in [0.05, 0.1) is 0 Å². The number of aliphatic hydroxyl groups excluding tert-OH is 1. The van der Waals surface area contributed by atoms with Gasteiger partial charge in [0, 0.05) is 11.3 Å². The Kier molecular flexibility index (Phi) is 7.40. The maximum Gasteiger partial charge on any atom is 0.259 e. The van der Waals surface area contributed by atoms with Crippen molar-refractivity contribution in [3.8, 4) is 11.5 Å². The van der Waals surface area contributed by atoms with Gasteiger partial charge in [0.2, 0.25) is 0 Å². The number of benzene rings is 3. The average molecular weight is 406 g/mol. The summed E-state index contributed by atoms with van der Waals surface area (Å²) < 4.78 is 11.0. The van der Waals surface area contributed by atoms with Crippen molar-refractivity contribution in [2.24, 2.45) is 0 Å². The predicted octanol–water partition coefficient (Wildman–Crippen LogP) is 2.96. The van der Waals surface area contributed by atoms with E-state index in [1.54, 1.807) is 48.5 Å². The Balaban J connectivity index is 1.49. The molecule has 0 bridgehead atoms. The normalized spacial score (nSPS) is 10.2. The van der Waals surface area contributed by atoms with Crippen LogP contribution in [0, 0.1) is 0 Å². The van der Waals surface area contributed by atoms with E-state index in [2.05, 4.69) is 10.6 Å². The zero-order chi connectivity index (χ0) is 21.2. The molecule has 3 aromatic rings. The van der Waals surface area contributed by atoms with Crippen LogP contribution in [0.5, 0.6) is 11.5 Å². The summed E-state index contributed by atoms with van der Waals surface area (Å²) in [5, 5.41) is 13.6. The van der Waals surface area contributed by atoms with Crippen LogP contribution in [0.1, 0.15) is 15.9 Å². The highest BCUT2D eigenvalue weighted by Crippen LogP contribution is 2.18. The van der Waals surface area contributed by atoms with Gasteiger partial charge in [-0.25, -0.2) is 0 Å². The number of hydrogen-bond acceptors (Lipinski definition) is 5. The Morgan fingerprint density at radius 3 is 2.10 bits per heavy atom. The fourth-order valence-corrected chi connectivity index (χ4v) is 2.57. The number of carbonyl (C=O) groups is 2. The van der Waals surface area contributed by atoms with Crippen molar-refractivity contribution in [3.05, 3.63) is 90.0 Å². The largest absolute Gasteiger partial charge is 0.489 e. The van der Waals surface area contributed by atoms with Gasteiger partial charge in [0.1, 0.15) is 24.8 Å². The van der Waals surface area contributed by atoms with Crippen LogP contribution in [-0.2, 0) is 11.4 Å². The van der Waals surface area contributed by atoms with Gasteiger partial charge < -0.3 is 25.2 Å². The van der Waals surface area contributed by atoms with Gasteiger partial charge in [0.25, 0.3) is 11.8 Å². The van der Waals surface area contributed by atoms with E-state index >= 15 is 0 Å². The minimum atomic E-state index is -0.437. The first-order valence-corrected chi connectivity index (χ1v) is 9.32. The molecule has 0 fully saturated rings. The summed E-state index contributed by atoms with van der Waals surface area (Å²) in [6.07, 6.45) is 0. The average Bonchev–Trinajstić information content (AvgIpc) is 2.78. The van der Waals surface area contributed by atoms with E-state index in [4.69, 9.17) is 14.6 Å². The van der Waals surface area contributed by atoms with E-state index in [-0.39, 0.29) is 12.5 Å².